The lowest BCUT2D eigenvalue weighted by atomic mass is 10.6. The van der Waals surface area contributed by atoms with E-state index in [2.05, 4.69) is 10.3 Å². The Labute approximate surface area is 35.0 Å². The van der Waals surface area contributed by atoms with Gasteiger partial charge >= 0.3 is 0 Å². The highest BCUT2D eigenvalue weighted by atomic mass is 16.6. The largest absolute Gasteiger partial charge is 0.439 e. The predicted octanol–water partition coefficient (Wildman–Crippen LogP) is -0.698. The highest BCUT2D eigenvalue weighted by molar-refractivity contribution is 5.80. The molecular weight excluding hydrogens is 80.0 g/mol. The Bertz CT molecular complexity index is 98.6. The van der Waals surface area contributed by atoms with Gasteiger partial charge in [-0.1, -0.05) is 0 Å². The lowest BCUT2D eigenvalue weighted by molar-refractivity contribution is 0.125. The summed E-state index contributed by atoms with van der Waals surface area (Å²) < 4.78 is 4.89. The second-order valence-corrected chi connectivity index (χ2v) is 1.40. The van der Waals surface area contributed by atoms with Crippen LogP contribution in [0.4, 0.5) is 0 Å². The van der Waals surface area contributed by atoms with Gasteiger partial charge in [0.15, 0.2) is 6.23 Å². The Kier molecular flexibility index (Phi) is 0.216. The molecular formula is C3H4N2O. The lowest BCUT2D eigenvalue weighted by Gasteiger charge is -2.20. The molecule has 0 aromatic heterocycles. The van der Waals surface area contributed by atoms with Gasteiger partial charge in [-0.2, -0.15) is 0 Å². The fourth-order valence-corrected chi connectivity index (χ4v) is 0.610. The van der Waals surface area contributed by atoms with Crippen molar-refractivity contribution in [2.24, 2.45) is 4.99 Å². The highest BCUT2D eigenvalue weighted by Crippen LogP contribution is 2.08. The Morgan fingerprint density at radius 2 is 2.83 bits per heavy atom. The van der Waals surface area contributed by atoms with E-state index < -0.39 is 0 Å². The van der Waals surface area contributed by atoms with E-state index in [0.29, 0.717) is 0 Å². The summed E-state index contributed by atoms with van der Waals surface area (Å²) in [7, 11) is 0. The maximum absolute atomic E-state index is 4.89. The molecule has 3 nitrogen and oxygen atoms in total. The number of ether oxygens (including phenoxy) is 1. The zero-order valence-electron chi connectivity index (χ0n) is 3.14. The second-order valence-electron chi connectivity index (χ2n) is 1.40. The quantitative estimate of drug-likeness (QED) is 0.421. The smallest absolute Gasteiger partial charge is 0.289 e. The van der Waals surface area contributed by atoms with E-state index in [1.54, 1.807) is 0 Å². The van der Waals surface area contributed by atoms with Gasteiger partial charge in [0.1, 0.15) is 6.54 Å². The summed E-state index contributed by atoms with van der Waals surface area (Å²) in [5.41, 5.74) is 0. The molecule has 0 spiro atoms. The third-order valence-corrected chi connectivity index (χ3v) is 0.939. The lowest BCUT2D eigenvalue weighted by Crippen LogP contribution is -2.46. The maximum atomic E-state index is 4.89. The molecule has 3 heteroatoms. The van der Waals surface area contributed by atoms with Crippen LogP contribution in [0.1, 0.15) is 0 Å². The maximum Gasteiger partial charge on any atom is 0.289 e. The van der Waals surface area contributed by atoms with Crippen molar-refractivity contribution in [3.8, 4) is 0 Å². The zero-order valence-corrected chi connectivity index (χ0v) is 3.14. The van der Waals surface area contributed by atoms with Crippen molar-refractivity contribution in [3.05, 3.63) is 0 Å². The number of nitrogens with zero attached hydrogens (tertiary/aromatic N) is 1. The van der Waals surface area contributed by atoms with Crippen molar-refractivity contribution in [2.45, 2.75) is 6.23 Å². The van der Waals surface area contributed by atoms with Crippen LogP contribution in [-0.4, -0.2) is 18.8 Å². The average molecular weight is 84.1 g/mol. The number of hydrogen-bond donors (Lipinski definition) is 1. The van der Waals surface area contributed by atoms with Crippen molar-refractivity contribution in [3.63, 3.8) is 0 Å². The first-order valence-electron chi connectivity index (χ1n) is 1.93. The van der Waals surface area contributed by atoms with Gasteiger partial charge in [0.05, 0.1) is 0 Å². The molecule has 3 aliphatic heterocycles. The predicted molar refractivity (Wildman–Crippen MR) is 20.3 cm³/mol. The molecule has 1 saturated heterocycles. The van der Waals surface area contributed by atoms with Crippen LogP contribution in [0.25, 0.3) is 0 Å². The van der Waals surface area contributed by atoms with Crippen molar-refractivity contribution in [1.29, 1.82) is 0 Å². The first-order chi connectivity index (χ1) is 2.95. The Morgan fingerprint density at radius 3 is 3.00 bits per heavy atom. The molecule has 0 aliphatic carbocycles. The average Bonchev–Trinajstić information content (AvgIpc) is 1.72. The molecule has 1 unspecified atom stereocenters. The summed E-state index contributed by atoms with van der Waals surface area (Å²) in [6.45, 7) is 0.815. The number of amidine groups is 1. The van der Waals surface area contributed by atoms with Gasteiger partial charge in [-0.25, -0.2) is 4.99 Å². The molecule has 32 valence electrons. The van der Waals surface area contributed by atoms with Gasteiger partial charge < -0.3 is 10.1 Å². The summed E-state index contributed by atoms with van der Waals surface area (Å²) in [6, 6.07) is 0.722. The third kappa shape index (κ3) is 0.112. The summed E-state index contributed by atoms with van der Waals surface area (Å²) >= 11 is 0. The summed E-state index contributed by atoms with van der Waals surface area (Å²) in [5, 5.41) is 2.94. The molecule has 6 heavy (non-hydrogen) atoms. The van der Waals surface area contributed by atoms with E-state index in [0.717, 1.165) is 12.6 Å². The molecule has 2 bridgehead atoms. The first kappa shape index (κ1) is 2.44. The molecule has 3 heterocycles. The molecule has 0 aromatic rings. The van der Waals surface area contributed by atoms with Gasteiger partial charge in [0, 0.05) is 0 Å². The number of nitrogens with one attached hydrogen (secondary N) is 1. The van der Waals surface area contributed by atoms with Crippen LogP contribution in [0.5, 0.6) is 0 Å². The standard InChI is InChI=1S/C3H4N2O/c1-2-5-3(4-1)6-2/h2H,1H2,(H,4,5). The van der Waals surface area contributed by atoms with Crippen molar-refractivity contribution in [2.75, 3.05) is 6.54 Å². The molecule has 1 fully saturated rings. The molecule has 0 radical (unpaired) electrons. The molecule has 0 amide bonds. The van der Waals surface area contributed by atoms with E-state index >= 15 is 0 Å². The van der Waals surface area contributed by atoms with Crippen LogP contribution in [0.3, 0.4) is 0 Å². The van der Waals surface area contributed by atoms with Crippen LogP contribution < -0.4 is 5.32 Å². The van der Waals surface area contributed by atoms with E-state index in [1.165, 1.54) is 0 Å². The monoisotopic (exact) mass is 84.0 g/mol. The summed E-state index contributed by atoms with van der Waals surface area (Å²) in [6.07, 6.45) is 0.236. The Balaban J connectivity index is 2.37. The minimum atomic E-state index is 0.236. The van der Waals surface area contributed by atoms with Gasteiger partial charge in [-0.15, -0.1) is 0 Å². The second kappa shape index (κ2) is 0.531. The third-order valence-electron chi connectivity index (χ3n) is 0.939. The zero-order chi connectivity index (χ0) is 3.98. The molecule has 0 saturated carbocycles. The fourth-order valence-electron chi connectivity index (χ4n) is 0.610. The van der Waals surface area contributed by atoms with Gasteiger partial charge in [-0.05, 0) is 0 Å². The molecule has 0 aromatic carbocycles. The van der Waals surface area contributed by atoms with E-state index in [9.17, 15) is 0 Å². The number of fused-ring (bicyclic) bond motifs is 1. The van der Waals surface area contributed by atoms with Gasteiger partial charge in [0.25, 0.3) is 6.02 Å². The number of hydrogen-bond acceptors (Lipinski definition) is 3. The van der Waals surface area contributed by atoms with Crippen LogP contribution in [0, 0.1) is 0 Å². The fraction of sp³-hybridized carbons (Fsp3) is 0.667. The molecule has 1 atom stereocenters. The number of aliphatic imine (C=N–C) groups is 1. The van der Waals surface area contributed by atoms with E-state index in [-0.39, 0.29) is 6.23 Å². The van der Waals surface area contributed by atoms with Crippen molar-refractivity contribution in [1.82, 2.24) is 5.32 Å². The molecule has 3 rings (SSSR count). The van der Waals surface area contributed by atoms with Crippen molar-refractivity contribution < 1.29 is 4.74 Å². The van der Waals surface area contributed by atoms with Crippen molar-refractivity contribution >= 4 is 6.02 Å². The minimum Gasteiger partial charge on any atom is -0.439 e. The Morgan fingerprint density at radius 1 is 2.00 bits per heavy atom. The first-order valence-corrected chi connectivity index (χ1v) is 1.93. The minimum absolute atomic E-state index is 0.236. The van der Waals surface area contributed by atoms with E-state index in [1.807, 2.05) is 0 Å². The van der Waals surface area contributed by atoms with Crippen LogP contribution in [-0.2, 0) is 4.74 Å². The molecule has 1 N–H and O–H groups in total. The Hall–Kier alpha value is -0.730. The number of rotatable bonds is 0. The van der Waals surface area contributed by atoms with Crippen LogP contribution in [0.15, 0.2) is 4.99 Å². The van der Waals surface area contributed by atoms with Crippen LogP contribution in [0.2, 0.25) is 0 Å². The summed E-state index contributed by atoms with van der Waals surface area (Å²) in [4.78, 5) is 3.89. The SMILES string of the molecule is C1N=C2NC1O2. The topological polar surface area (TPSA) is 33.6 Å². The van der Waals surface area contributed by atoms with Crippen LogP contribution >= 0.6 is 0 Å². The van der Waals surface area contributed by atoms with E-state index in [4.69, 9.17) is 4.74 Å². The molecule has 3 aliphatic rings. The summed E-state index contributed by atoms with van der Waals surface area (Å²) in [5.74, 6) is 0. The normalized spacial score (nSPS) is 36.0. The highest BCUT2D eigenvalue weighted by Gasteiger charge is 2.30. The van der Waals surface area contributed by atoms with Gasteiger partial charge in [-0.3, -0.25) is 0 Å². The van der Waals surface area contributed by atoms with Gasteiger partial charge in [0.2, 0.25) is 0 Å².